The van der Waals surface area contributed by atoms with Gasteiger partial charge in [-0.3, -0.25) is 0 Å². The van der Waals surface area contributed by atoms with Gasteiger partial charge in [-0.1, -0.05) is 0 Å². The van der Waals surface area contributed by atoms with Crippen LogP contribution in [-0.2, 0) is 11.2 Å². The van der Waals surface area contributed by atoms with Crippen LogP contribution in [0.2, 0.25) is 0 Å². The van der Waals surface area contributed by atoms with Crippen molar-refractivity contribution in [2.24, 2.45) is 5.73 Å². The van der Waals surface area contributed by atoms with Crippen molar-refractivity contribution in [3.63, 3.8) is 0 Å². The van der Waals surface area contributed by atoms with Crippen LogP contribution in [0, 0.1) is 0 Å². The zero-order valence-electron chi connectivity index (χ0n) is 9.93. The first-order valence-corrected chi connectivity index (χ1v) is 6.08. The maximum atomic E-state index is 5.52. The molecular formula is C12H21N3O. The van der Waals surface area contributed by atoms with Crippen LogP contribution in [0.25, 0.3) is 0 Å². The highest BCUT2D eigenvalue weighted by atomic mass is 16.5. The van der Waals surface area contributed by atoms with Crippen molar-refractivity contribution in [2.45, 2.75) is 44.2 Å². The molecule has 2 unspecified atom stereocenters. The van der Waals surface area contributed by atoms with Gasteiger partial charge in [0.2, 0.25) is 0 Å². The van der Waals surface area contributed by atoms with Crippen molar-refractivity contribution in [3.05, 3.63) is 18.2 Å². The Bertz CT molecular complexity index is 324. The Hall–Kier alpha value is -0.870. The Balaban J connectivity index is 1.99. The highest BCUT2D eigenvalue weighted by Crippen LogP contribution is 2.29. The molecule has 16 heavy (non-hydrogen) atoms. The van der Waals surface area contributed by atoms with Crippen molar-refractivity contribution in [3.8, 4) is 0 Å². The van der Waals surface area contributed by atoms with Gasteiger partial charge in [0.15, 0.2) is 0 Å². The van der Waals surface area contributed by atoms with Crippen LogP contribution in [-0.4, -0.2) is 29.3 Å². The number of hydrogen-bond acceptors (Lipinski definition) is 3. The van der Waals surface area contributed by atoms with Crippen molar-refractivity contribution in [2.75, 3.05) is 13.7 Å². The number of aromatic nitrogens is 2. The number of rotatable bonds is 4. The van der Waals surface area contributed by atoms with E-state index in [0.29, 0.717) is 18.7 Å². The lowest BCUT2D eigenvalue weighted by atomic mass is 9.93. The van der Waals surface area contributed by atoms with E-state index in [-0.39, 0.29) is 0 Å². The lowest BCUT2D eigenvalue weighted by Crippen LogP contribution is -2.23. The first-order chi connectivity index (χ1) is 7.83. The summed E-state index contributed by atoms with van der Waals surface area (Å²) in [6.07, 6.45) is 10.1. The predicted molar refractivity (Wildman–Crippen MR) is 63.3 cm³/mol. The maximum absolute atomic E-state index is 5.52. The molecule has 4 heteroatoms. The van der Waals surface area contributed by atoms with E-state index in [1.165, 1.54) is 19.3 Å². The fourth-order valence-electron chi connectivity index (χ4n) is 2.46. The standard InChI is InChI=1S/C12H21N3O/c1-16-12-4-2-3-11(7-12)15-8-10(5-6-13)14-9-15/h8-9,11-12H,2-7,13H2,1H3. The minimum absolute atomic E-state index is 0.416. The van der Waals surface area contributed by atoms with Gasteiger partial charge in [0.05, 0.1) is 18.1 Å². The minimum Gasteiger partial charge on any atom is -0.381 e. The highest BCUT2D eigenvalue weighted by Gasteiger charge is 2.22. The molecule has 0 saturated heterocycles. The third-order valence-corrected chi connectivity index (χ3v) is 3.41. The maximum Gasteiger partial charge on any atom is 0.0952 e. The average Bonchev–Trinajstić information content (AvgIpc) is 2.78. The molecule has 0 amide bonds. The Kier molecular flexibility index (Phi) is 3.96. The summed E-state index contributed by atoms with van der Waals surface area (Å²) in [5.41, 5.74) is 6.62. The topological polar surface area (TPSA) is 53.1 Å². The van der Waals surface area contributed by atoms with Gasteiger partial charge in [-0.05, 0) is 32.2 Å². The van der Waals surface area contributed by atoms with E-state index in [0.717, 1.165) is 18.5 Å². The van der Waals surface area contributed by atoms with Crippen LogP contribution in [0.15, 0.2) is 12.5 Å². The quantitative estimate of drug-likeness (QED) is 0.842. The van der Waals surface area contributed by atoms with E-state index in [1.54, 1.807) is 7.11 Å². The average molecular weight is 223 g/mol. The van der Waals surface area contributed by atoms with Crippen molar-refractivity contribution in [1.82, 2.24) is 9.55 Å². The molecule has 90 valence electrons. The molecule has 2 rings (SSSR count). The molecule has 0 aliphatic heterocycles. The molecule has 1 aromatic rings. The smallest absolute Gasteiger partial charge is 0.0952 e. The molecule has 4 nitrogen and oxygen atoms in total. The van der Waals surface area contributed by atoms with Gasteiger partial charge in [-0.15, -0.1) is 0 Å². The summed E-state index contributed by atoms with van der Waals surface area (Å²) in [6, 6.07) is 0.553. The Labute approximate surface area is 96.8 Å². The summed E-state index contributed by atoms with van der Waals surface area (Å²) in [6.45, 7) is 0.669. The van der Waals surface area contributed by atoms with Crippen LogP contribution in [0.4, 0.5) is 0 Å². The van der Waals surface area contributed by atoms with Gasteiger partial charge in [0, 0.05) is 25.8 Å². The minimum atomic E-state index is 0.416. The molecule has 1 saturated carbocycles. The molecule has 0 aromatic carbocycles. The van der Waals surface area contributed by atoms with Crippen molar-refractivity contribution in [1.29, 1.82) is 0 Å². The van der Waals surface area contributed by atoms with Gasteiger partial charge >= 0.3 is 0 Å². The monoisotopic (exact) mass is 223 g/mol. The number of ether oxygens (including phenoxy) is 1. The lowest BCUT2D eigenvalue weighted by Gasteiger charge is -2.28. The van der Waals surface area contributed by atoms with Crippen molar-refractivity contribution >= 4 is 0 Å². The molecule has 0 radical (unpaired) electrons. The summed E-state index contributed by atoms with van der Waals surface area (Å²) in [4.78, 5) is 4.37. The molecule has 2 N–H and O–H groups in total. The van der Waals surface area contributed by atoms with E-state index in [1.807, 2.05) is 6.33 Å². The molecule has 2 atom stereocenters. The predicted octanol–water partition coefficient (Wildman–Crippen LogP) is 1.51. The van der Waals surface area contributed by atoms with Gasteiger partial charge in [-0.2, -0.15) is 0 Å². The van der Waals surface area contributed by atoms with Crippen LogP contribution in [0.1, 0.15) is 37.4 Å². The summed E-state index contributed by atoms with van der Waals surface area (Å²) < 4.78 is 7.68. The largest absolute Gasteiger partial charge is 0.381 e. The van der Waals surface area contributed by atoms with E-state index < -0.39 is 0 Å². The number of methoxy groups -OCH3 is 1. The second kappa shape index (κ2) is 5.46. The second-order valence-corrected chi connectivity index (χ2v) is 4.53. The summed E-state index contributed by atoms with van der Waals surface area (Å²) in [5, 5.41) is 0. The summed E-state index contributed by atoms with van der Waals surface area (Å²) in [7, 11) is 1.81. The van der Waals surface area contributed by atoms with E-state index in [4.69, 9.17) is 10.5 Å². The Morgan fingerprint density at radius 3 is 3.19 bits per heavy atom. The molecule has 1 fully saturated rings. The lowest BCUT2D eigenvalue weighted by molar-refractivity contribution is 0.0530. The van der Waals surface area contributed by atoms with Crippen molar-refractivity contribution < 1.29 is 4.74 Å². The normalized spacial score (nSPS) is 25.9. The fraction of sp³-hybridized carbons (Fsp3) is 0.750. The first kappa shape index (κ1) is 11.6. The Morgan fingerprint density at radius 2 is 2.44 bits per heavy atom. The van der Waals surface area contributed by atoms with Crippen LogP contribution < -0.4 is 5.73 Å². The Morgan fingerprint density at radius 1 is 1.56 bits per heavy atom. The number of nitrogens with zero attached hydrogens (tertiary/aromatic N) is 2. The molecular weight excluding hydrogens is 202 g/mol. The summed E-state index contributed by atoms with van der Waals surface area (Å²) >= 11 is 0. The van der Waals surface area contributed by atoms with E-state index in [2.05, 4.69) is 15.7 Å². The fourth-order valence-corrected chi connectivity index (χ4v) is 2.46. The first-order valence-electron chi connectivity index (χ1n) is 6.08. The van der Waals surface area contributed by atoms with E-state index in [9.17, 15) is 0 Å². The number of imidazole rings is 1. The third-order valence-electron chi connectivity index (χ3n) is 3.41. The van der Waals surface area contributed by atoms with Crippen LogP contribution >= 0.6 is 0 Å². The van der Waals surface area contributed by atoms with Gasteiger partial charge in [-0.25, -0.2) is 4.98 Å². The zero-order chi connectivity index (χ0) is 11.4. The summed E-state index contributed by atoms with van der Waals surface area (Å²) in [5.74, 6) is 0. The van der Waals surface area contributed by atoms with Gasteiger partial charge in [0.1, 0.15) is 0 Å². The van der Waals surface area contributed by atoms with Crippen LogP contribution in [0.5, 0.6) is 0 Å². The molecule has 1 aliphatic rings. The van der Waals surface area contributed by atoms with Gasteiger partial charge < -0.3 is 15.0 Å². The number of nitrogens with two attached hydrogens (primary N) is 1. The molecule has 0 bridgehead atoms. The SMILES string of the molecule is COC1CCCC(n2cnc(CCN)c2)C1. The zero-order valence-corrected chi connectivity index (χ0v) is 9.93. The highest BCUT2D eigenvalue weighted by molar-refractivity contribution is 4.99. The van der Waals surface area contributed by atoms with Gasteiger partial charge in [0.25, 0.3) is 0 Å². The third kappa shape index (κ3) is 2.62. The molecule has 1 aromatic heterocycles. The molecule has 0 spiro atoms. The molecule has 1 heterocycles. The van der Waals surface area contributed by atoms with Crippen LogP contribution in [0.3, 0.4) is 0 Å². The second-order valence-electron chi connectivity index (χ2n) is 4.53. The molecule has 1 aliphatic carbocycles. The van der Waals surface area contributed by atoms with E-state index >= 15 is 0 Å². The number of hydrogen-bond donors (Lipinski definition) is 1.